The summed E-state index contributed by atoms with van der Waals surface area (Å²) in [6.45, 7) is 3.38. The van der Waals surface area contributed by atoms with E-state index in [0.29, 0.717) is 16.4 Å². The number of aryl methyl sites for hydroxylation is 2. The number of hydrogen-bond donors (Lipinski definition) is 2. The molecule has 9 heteroatoms. The van der Waals surface area contributed by atoms with Gasteiger partial charge in [0.1, 0.15) is 18.1 Å². The van der Waals surface area contributed by atoms with Crippen molar-refractivity contribution in [2.45, 2.75) is 33.0 Å². The number of nitrogens with zero attached hydrogens (tertiary/aromatic N) is 1. The van der Waals surface area contributed by atoms with Gasteiger partial charge in [-0.05, 0) is 26.8 Å². The lowest BCUT2D eigenvalue weighted by atomic mass is 10.1. The van der Waals surface area contributed by atoms with Gasteiger partial charge < -0.3 is 20.0 Å². The Morgan fingerprint density at radius 2 is 1.96 bits per heavy atom. The van der Waals surface area contributed by atoms with Crippen molar-refractivity contribution in [1.29, 1.82) is 0 Å². The predicted octanol–water partition coefficient (Wildman–Crippen LogP) is 2.28. The fourth-order valence-electron chi connectivity index (χ4n) is 2.05. The lowest BCUT2D eigenvalue weighted by molar-refractivity contribution is -0.157. The van der Waals surface area contributed by atoms with Gasteiger partial charge in [0.2, 0.25) is 5.91 Å². The summed E-state index contributed by atoms with van der Waals surface area (Å²) < 4.78 is 41.8. The first-order chi connectivity index (χ1) is 10.5. The Bertz CT molecular complexity index is 569. The molecule has 0 aromatic carbocycles. The van der Waals surface area contributed by atoms with E-state index in [1.807, 2.05) is 0 Å². The lowest BCUT2D eigenvalue weighted by Gasteiger charge is -2.19. The molecule has 0 aliphatic heterocycles. The monoisotopic (exact) mass is 335 g/mol. The van der Waals surface area contributed by atoms with Crippen LogP contribution in [0.15, 0.2) is 10.5 Å². The molecule has 3 amide bonds. The first-order valence-electron chi connectivity index (χ1n) is 6.91. The van der Waals surface area contributed by atoms with E-state index in [-0.39, 0.29) is 6.04 Å². The zero-order valence-corrected chi connectivity index (χ0v) is 13.4. The van der Waals surface area contributed by atoms with E-state index in [9.17, 15) is 22.8 Å². The fraction of sp³-hybridized carbons (Fsp3) is 0.571. The normalized spacial score (nSPS) is 12.7. The van der Waals surface area contributed by atoms with Crippen LogP contribution in [-0.2, 0) is 4.79 Å². The van der Waals surface area contributed by atoms with E-state index in [1.165, 1.54) is 0 Å². The van der Waals surface area contributed by atoms with Crippen molar-refractivity contribution in [2.24, 2.45) is 0 Å². The molecule has 0 aliphatic rings. The zero-order chi connectivity index (χ0) is 17.8. The molecule has 0 saturated heterocycles. The van der Waals surface area contributed by atoms with Gasteiger partial charge in [0, 0.05) is 12.6 Å². The van der Waals surface area contributed by atoms with E-state index in [2.05, 4.69) is 10.6 Å². The summed E-state index contributed by atoms with van der Waals surface area (Å²) >= 11 is 0. The smallest absolute Gasteiger partial charge is 0.406 e. The lowest BCUT2D eigenvalue weighted by Crippen LogP contribution is -2.45. The first-order valence-corrected chi connectivity index (χ1v) is 6.91. The summed E-state index contributed by atoms with van der Waals surface area (Å²) in [7, 11) is 1.02. The molecule has 6 nitrogen and oxygen atoms in total. The number of likely N-dealkylation sites (N-methyl/N-ethyl adjacent to an activating group) is 1. The van der Waals surface area contributed by atoms with Crippen LogP contribution in [0, 0.1) is 13.8 Å². The number of hydrogen-bond acceptors (Lipinski definition) is 3. The molecule has 0 fully saturated rings. The number of halogens is 3. The highest BCUT2D eigenvalue weighted by Gasteiger charge is 2.31. The average Bonchev–Trinajstić information content (AvgIpc) is 2.73. The number of alkyl halides is 3. The van der Waals surface area contributed by atoms with Crippen LogP contribution in [0.1, 0.15) is 30.0 Å². The van der Waals surface area contributed by atoms with Gasteiger partial charge in [0.05, 0.1) is 12.6 Å². The minimum atomic E-state index is -4.47. The molecular weight excluding hydrogens is 315 g/mol. The Labute approximate surface area is 132 Å². The minimum absolute atomic E-state index is 0.365. The molecule has 0 bridgehead atoms. The molecule has 1 atom stereocenters. The molecule has 0 spiro atoms. The maximum absolute atomic E-state index is 12.2. The highest BCUT2D eigenvalue weighted by Crippen LogP contribution is 2.20. The van der Waals surface area contributed by atoms with Crippen LogP contribution in [0.5, 0.6) is 0 Å². The van der Waals surface area contributed by atoms with Crippen LogP contribution in [0.25, 0.3) is 0 Å². The van der Waals surface area contributed by atoms with Crippen molar-refractivity contribution in [3.63, 3.8) is 0 Å². The summed E-state index contributed by atoms with van der Waals surface area (Å²) in [5.41, 5.74) is 0.790. The number of amides is 3. The van der Waals surface area contributed by atoms with Crippen LogP contribution in [0.2, 0.25) is 0 Å². The van der Waals surface area contributed by atoms with Gasteiger partial charge in [-0.25, -0.2) is 4.79 Å². The zero-order valence-electron chi connectivity index (χ0n) is 13.4. The number of carbonyl (C=O) groups is 2. The van der Waals surface area contributed by atoms with Crippen molar-refractivity contribution >= 4 is 11.9 Å². The molecule has 23 heavy (non-hydrogen) atoms. The van der Waals surface area contributed by atoms with Crippen LogP contribution < -0.4 is 10.6 Å². The van der Waals surface area contributed by atoms with Crippen molar-refractivity contribution in [1.82, 2.24) is 15.5 Å². The maximum Gasteiger partial charge on any atom is 0.406 e. The third-order valence-electron chi connectivity index (χ3n) is 3.14. The third kappa shape index (κ3) is 6.21. The second kappa shape index (κ2) is 7.38. The van der Waals surface area contributed by atoms with Gasteiger partial charge in [0.15, 0.2) is 0 Å². The van der Waals surface area contributed by atoms with Gasteiger partial charge in [-0.1, -0.05) is 0 Å². The van der Waals surface area contributed by atoms with Crippen molar-refractivity contribution in [3.8, 4) is 0 Å². The maximum atomic E-state index is 12.2. The standard InChI is InChI=1S/C14H20F3N3O3/c1-8-5-11(10(3)23-8)9(2)19-13(22)18-6-12(21)20(4)7-14(15,16)17/h5,9H,6-7H2,1-4H3,(H2,18,19,22)/t9-/m0/s1. The molecule has 1 heterocycles. The Hall–Kier alpha value is -2.19. The van der Waals surface area contributed by atoms with E-state index >= 15 is 0 Å². The molecule has 2 N–H and O–H groups in total. The first kappa shape index (κ1) is 18.9. The Morgan fingerprint density at radius 3 is 2.43 bits per heavy atom. The van der Waals surface area contributed by atoms with Gasteiger partial charge in [-0.3, -0.25) is 4.79 Å². The van der Waals surface area contributed by atoms with E-state index < -0.39 is 31.2 Å². The van der Waals surface area contributed by atoms with Crippen molar-refractivity contribution < 1.29 is 27.2 Å². The number of nitrogens with one attached hydrogen (secondary N) is 2. The molecule has 0 unspecified atom stereocenters. The predicted molar refractivity (Wildman–Crippen MR) is 76.8 cm³/mol. The van der Waals surface area contributed by atoms with Crippen LogP contribution in [0.3, 0.4) is 0 Å². The van der Waals surface area contributed by atoms with E-state index in [1.54, 1.807) is 26.8 Å². The summed E-state index contributed by atoms with van der Waals surface area (Å²) in [6.07, 6.45) is -4.47. The van der Waals surface area contributed by atoms with Crippen molar-refractivity contribution in [3.05, 3.63) is 23.2 Å². The Kier molecular flexibility index (Phi) is 6.05. The Morgan fingerprint density at radius 1 is 1.35 bits per heavy atom. The molecule has 0 saturated carbocycles. The van der Waals surface area contributed by atoms with E-state index in [0.717, 1.165) is 12.6 Å². The highest BCUT2D eigenvalue weighted by atomic mass is 19.4. The molecule has 1 aromatic heterocycles. The van der Waals surface area contributed by atoms with Gasteiger partial charge >= 0.3 is 12.2 Å². The SMILES string of the molecule is Cc1cc([C@H](C)NC(=O)NCC(=O)N(C)CC(F)(F)F)c(C)o1. The largest absolute Gasteiger partial charge is 0.466 e. The van der Waals surface area contributed by atoms with Crippen molar-refractivity contribution in [2.75, 3.05) is 20.1 Å². The van der Waals surface area contributed by atoms with Crippen LogP contribution >= 0.6 is 0 Å². The molecular formula is C14H20F3N3O3. The third-order valence-corrected chi connectivity index (χ3v) is 3.14. The van der Waals surface area contributed by atoms with Gasteiger partial charge in [-0.2, -0.15) is 13.2 Å². The molecule has 130 valence electrons. The highest BCUT2D eigenvalue weighted by molar-refractivity contribution is 5.84. The quantitative estimate of drug-likeness (QED) is 0.867. The van der Waals surface area contributed by atoms with Crippen LogP contribution in [0.4, 0.5) is 18.0 Å². The number of urea groups is 1. The van der Waals surface area contributed by atoms with Crippen LogP contribution in [-0.4, -0.2) is 43.2 Å². The van der Waals surface area contributed by atoms with Gasteiger partial charge in [-0.15, -0.1) is 0 Å². The minimum Gasteiger partial charge on any atom is -0.466 e. The second-order valence-corrected chi connectivity index (χ2v) is 5.28. The second-order valence-electron chi connectivity index (χ2n) is 5.28. The summed E-state index contributed by atoms with van der Waals surface area (Å²) in [6, 6.07) is 0.766. The topological polar surface area (TPSA) is 74.6 Å². The number of carbonyl (C=O) groups excluding carboxylic acids is 2. The number of rotatable bonds is 5. The molecule has 1 rings (SSSR count). The Balaban J connectivity index is 2.45. The van der Waals surface area contributed by atoms with E-state index in [4.69, 9.17) is 4.42 Å². The summed E-state index contributed by atoms with van der Waals surface area (Å²) in [5.74, 6) is 0.535. The summed E-state index contributed by atoms with van der Waals surface area (Å²) in [5, 5.41) is 4.83. The number of furan rings is 1. The molecule has 0 radical (unpaired) electrons. The van der Waals surface area contributed by atoms with Gasteiger partial charge in [0.25, 0.3) is 0 Å². The summed E-state index contributed by atoms with van der Waals surface area (Å²) in [4.78, 5) is 23.7. The average molecular weight is 335 g/mol. The fourth-order valence-corrected chi connectivity index (χ4v) is 2.05. The molecule has 0 aliphatic carbocycles. The molecule has 1 aromatic rings.